The molecule has 28 heavy (non-hydrogen) atoms. The van der Waals surface area contributed by atoms with Gasteiger partial charge in [-0.15, -0.1) is 0 Å². The van der Waals surface area contributed by atoms with Crippen molar-refractivity contribution in [3.05, 3.63) is 78.8 Å². The third-order valence-electron chi connectivity index (χ3n) is 5.00. The van der Waals surface area contributed by atoms with Crippen LogP contribution in [0.3, 0.4) is 0 Å². The number of rotatable bonds is 5. The van der Waals surface area contributed by atoms with Crippen LogP contribution in [-0.2, 0) is 0 Å². The number of amides is 1. The molecule has 1 unspecified atom stereocenters. The Bertz CT molecular complexity index is 915. The Labute approximate surface area is 165 Å². The fraction of sp³-hybridized carbons (Fsp3) is 0.261. The zero-order valence-corrected chi connectivity index (χ0v) is 15.7. The van der Waals surface area contributed by atoms with Gasteiger partial charge in [0.15, 0.2) is 0 Å². The molecule has 1 aromatic carbocycles. The van der Waals surface area contributed by atoms with Crippen LogP contribution in [0.1, 0.15) is 29.8 Å². The van der Waals surface area contributed by atoms with Crippen molar-refractivity contribution in [2.75, 3.05) is 13.2 Å². The van der Waals surface area contributed by atoms with E-state index in [1.165, 1.54) is 0 Å². The number of hydrogen-bond donors (Lipinski definition) is 0. The van der Waals surface area contributed by atoms with E-state index in [-0.39, 0.29) is 11.9 Å². The Hall–Kier alpha value is -3.21. The second-order valence-corrected chi connectivity index (χ2v) is 6.92. The summed E-state index contributed by atoms with van der Waals surface area (Å²) in [6.07, 6.45) is 6.45. The van der Waals surface area contributed by atoms with Crippen LogP contribution in [0.4, 0.5) is 0 Å². The summed E-state index contributed by atoms with van der Waals surface area (Å²) in [5.74, 6) is 0.696. The van der Waals surface area contributed by atoms with Gasteiger partial charge in [-0.3, -0.25) is 9.78 Å². The number of piperidine rings is 1. The lowest BCUT2D eigenvalue weighted by Gasteiger charge is -2.35. The van der Waals surface area contributed by atoms with E-state index >= 15 is 0 Å². The van der Waals surface area contributed by atoms with Crippen LogP contribution in [0.25, 0.3) is 11.3 Å². The van der Waals surface area contributed by atoms with Crippen LogP contribution < -0.4 is 4.74 Å². The maximum absolute atomic E-state index is 13.2. The van der Waals surface area contributed by atoms with Gasteiger partial charge in [0.2, 0.25) is 0 Å². The fourth-order valence-corrected chi connectivity index (χ4v) is 3.54. The summed E-state index contributed by atoms with van der Waals surface area (Å²) < 4.78 is 5.88. The average Bonchev–Trinajstić information content (AvgIpc) is 2.79. The van der Waals surface area contributed by atoms with E-state index in [0.717, 1.165) is 42.8 Å². The van der Waals surface area contributed by atoms with Crippen molar-refractivity contribution in [2.45, 2.75) is 25.3 Å². The van der Waals surface area contributed by atoms with Crippen molar-refractivity contribution in [3.8, 4) is 17.0 Å². The van der Waals surface area contributed by atoms with E-state index in [1.54, 1.807) is 18.5 Å². The van der Waals surface area contributed by atoms with Gasteiger partial charge in [-0.1, -0.05) is 36.4 Å². The highest BCUT2D eigenvalue weighted by Crippen LogP contribution is 2.22. The molecule has 0 aliphatic carbocycles. The van der Waals surface area contributed by atoms with Gasteiger partial charge in [0.25, 0.3) is 5.91 Å². The zero-order valence-electron chi connectivity index (χ0n) is 15.7. The Balaban J connectivity index is 1.50. The molecular formula is C23H23N3O2. The lowest BCUT2D eigenvalue weighted by Crippen LogP contribution is -2.47. The summed E-state index contributed by atoms with van der Waals surface area (Å²) in [7, 11) is 0. The number of hydrogen-bond acceptors (Lipinski definition) is 4. The van der Waals surface area contributed by atoms with Gasteiger partial charge in [0.1, 0.15) is 18.1 Å². The summed E-state index contributed by atoms with van der Waals surface area (Å²) in [5, 5.41) is 0. The first-order chi connectivity index (χ1) is 13.8. The van der Waals surface area contributed by atoms with Crippen LogP contribution >= 0.6 is 0 Å². The SMILES string of the molecule is O=C(c1cccc(-c2ccccc2)n1)N1CCCCC1COc1cccnc1. The van der Waals surface area contributed by atoms with Crippen molar-refractivity contribution in [1.82, 2.24) is 14.9 Å². The second-order valence-electron chi connectivity index (χ2n) is 6.92. The van der Waals surface area contributed by atoms with Crippen molar-refractivity contribution < 1.29 is 9.53 Å². The molecule has 4 rings (SSSR count). The molecule has 142 valence electrons. The maximum atomic E-state index is 13.2. The number of carbonyl (C=O) groups is 1. The molecule has 0 saturated carbocycles. The number of likely N-dealkylation sites (tertiary alicyclic amines) is 1. The summed E-state index contributed by atoms with van der Waals surface area (Å²) >= 11 is 0. The van der Waals surface area contributed by atoms with Gasteiger partial charge in [-0.05, 0) is 43.5 Å². The van der Waals surface area contributed by atoms with E-state index < -0.39 is 0 Å². The molecule has 3 heterocycles. The Morgan fingerprint density at radius 3 is 2.75 bits per heavy atom. The predicted octanol–water partition coefficient (Wildman–Crippen LogP) is 4.22. The molecule has 0 bridgehead atoms. The molecule has 0 spiro atoms. The predicted molar refractivity (Wildman–Crippen MR) is 108 cm³/mol. The molecule has 5 nitrogen and oxygen atoms in total. The molecule has 1 fully saturated rings. The number of carbonyl (C=O) groups excluding carboxylic acids is 1. The van der Waals surface area contributed by atoms with E-state index in [9.17, 15) is 4.79 Å². The normalized spacial score (nSPS) is 16.6. The molecule has 1 atom stereocenters. The number of pyridine rings is 2. The lowest BCUT2D eigenvalue weighted by atomic mass is 10.0. The van der Waals surface area contributed by atoms with Crippen molar-refractivity contribution in [2.24, 2.45) is 0 Å². The van der Waals surface area contributed by atoms with Crippen LogP contribution in [0.5, 0.6) is 5.75 Å². The minimum absolute atomic E-state index is 0.0303. The van der Waals surface area contributed by atoms with Crippen LogP contribution in [0, 0.1) is 0 Å². The minimum Gasteiger partial charge on any atom is -0.490 e. The highest BCUT2D eigenvalue weighted by atomic mass is 16.5. The quantitative estimate of drug-likeness (QED) is 0.672. The molecule has 1 saturated heterocycles. The summed E-state index contributed by atoms with van der Waals surface area (Å²) in [5.41, 5.74) is 2.30. The number of aromatic nitrogens is 2. The Kier molecular flexibility index (Phi) is 5.61. The summed E-state index contributed by atoms with van der Waals surface area (Å²) in [6, 6.07) is 19.3. The zero-order chi connectivity index (χ0) is 19.2. The third kappa shape index (κ3) is 4.19. The molecule has 0 radical (unpaired) electrons. The molecule has 3 aromatic rings. The molecule has 1 aliphatic rings. The molecule has 0 N–H and O–H groups in total. The lowest BCUT2D eigenvalue weighted by molar-refractivity contribution is 0.0522. The first-order valence-electron chi connectivity index (χ1n) is 9.67. The molecule has 1 amide bonds. The highest BCUT2D eigenvalue weighted by Gasteiger charge is 2.29. The maximum Gasteiger partial charge on any atom is 0.272 e. The van der Waals surface area contributed by atoms with E-state index in [1.807, 2.05) is 59.5 Å². The van der Waals surface area contributed by atoms with Crippen LogP contribution in [0.2, 0.25) is 0 Å². The average molecular weight is 373 g/mol. The van der Waals surface area contributed by atoms with Crippen LogP contribution in [-0.4, -0.2) is 40.0 Å². The van der Waals surface area contributed by atoms with E-state index in [0.29, 0.717) is 12.3 Å². The number of ether oxygens (including phenoxy) is 1. The Morgan fingerprint density at radius 2 is 1.93 bits per heavy atom. The smallest absolute Gasteiger partial charge is 0.272 e. The van der Waals surface area contributed by atoms with Gasteiger partial charge in [0, 0.05) is 18.3 Å². The summed E-state index contributed by atoms with van der Waals surface area (Å²) in [6.45, 7) is 1.20. The Morgan fingerprint density at radius 1 is 1.04 bits per heavy atom. The number of nitrogens with zero attached hydrogens (tertiary/aromatic N) is 3. The fourth-order valence-electron chi connectivity index (χ4n) is 3.54. The molecule has 1 aliphatic heterocycles. The van der Waals surface area contributed by atoms with Crippen LogP contribution in [0.15, 0.2) is 73.1 Å². The molecular weight excluding hydrogens is 350 g/mol. The van der Waals surface area contributed by atoms with E-state index in [4.69, 9.17) is 4.74 Å². The largest absolute Gasteiger partial charge is 0.490 e. The van der Waals surface area contributed by atoms with Gasteiger partial charge < -0.3 is 9.64 Å². The van der Waals surface area contributed by atoms with Gasteiger partial charge in [0.05, 0.1) is 17.9 Å². The summed E-state index contributed by atoms with van der Waals surface area (Å²) in [4.78, 5) is 23.8. The first-order valence-corrected chi connectivity index (χ1v) is 9.67. The van der Waals surface area contributed by atoms with Gasteiger partial charge in [-0.25, -0.2) is 4.98 Å². The van der Waals surface area contributed by atoms with Gasteiger partial charge in [-0.2, -0.15) is 0 Å². The molecule has 5 heteroatoms. The third-order valence-corrected chi connectivity index (χ3v) is 5.00. The number of benzene rings is 1. The molecule has 2 aromatic heterocycles. The monoisotopic (exact) mass is 373 g/mol. The standard InChI is InChI=1S/C23H23N3O2/c27-23(22-13-6-12-21(25-22)18-8-2-1-3-9-18)26-15-5-4-10-19(26)17-28-20-11-7-14-24-16-20/h1-3,6-9,11-14,16,19H,4-5,10,15,17H2. The van der Waals surface area contributed by atoms with Crippen molar-refractivity contribution in [3.63, 3.8) is 0 Å². The topological polar surface area (TPSA) is 55.3 Å². The minimum atomic E-state index is -0.0303. The highest BCUT2D eigenvalue weighted by molar-refractivity contribution is 5.93. The second kappa shape index (κ2) is 8.65. The first kappa shape index (κ1) is 18.2. The van der Waals surface area contributed by atoms with Crippen molar-refractivity contribution in [1.29, 1.82) is 0 Å². The van der Waals surface area contributed by atoms with Crippen molar-refractivity contribution >= 4 is 5.91 Å². The van der Waals surface area contributed by atoms with Gasteiger partial charge >= 0.3 is 0 Å². The van der Waals surface area contributed by atoms with E-state index in [2.05, 4.69) is 9.97 Å².